The van der Waals surface area contributed by atoms with Crippen LogP contribution in [-0.2, 0) is 33.9 Å². The van der Waals surface area contributed by atoms with E-state index in [0.717, 1.165) is 24.6 Å². The van der Waals surface area contributed by atoms with Crippen LogP contribution in [-0.4, -0.2) is 84.7 Å². The number of alkyl halides is 1. The number of Topliss-reactive ketones (excluding diaryl/α,β-unsaturated/α-hetero) is 1. The number of sulfonamides is 1. The summed E-state index contributed by atoms with van der Waals surface area (Å²) in [5.74, 6) is -2.20. The molecular weight excluding hydrogens is 730 g/mol. The van der Waals surface area contributed by atoms with Crippen molar-refractivity contribution in [3.63, 3.8) is 0 Å². The molecule has 2 saturated carbocycles. The lowest BCUT2D eigenvalue weighted by molar-refractivity contribution is -0.160. The quantitative estimate of drug-likeness (QED) is 0.295. The van der Waals surface area contributed by atoms with E-state index in [9.17, 15) is 32.0 Å². The average Bonchev–Trinajstić information content (AvgIpc) is 4.02. The molecule has 2 amide bonds. The molecule has 2 aliphatic carbocycles. The van der Waals surface area contributed by atoms with Crippen LogP contribution in [0.5, 0.6) is 11.6 Å². The third-order valence-corrected chi connectivity index (χ3v) is 14.4. The van der Waals surface area contributed by atoms with E-state index in [1.165, 1.54) is 4.90 Å². The van der Waals surface area contributed by atoms with Gasteiger partial charge in [-0.25, -0.2) is 17.8 Å². The molecule has 0 radical (unpaired) electrons. The molecule has 0 spiro atoms. The minimum absolute atomic E-state index is 0.0282. The maximum Gasteiger partial charge on any atom is 0.307 e. The molecule has 2 saturated heterocycles. The smallest absolute Gasteiger partial charge is 0.307 e. The number of nitrogens with zero attached hydrogens (tertiary/aromatic N) is 2. The van der Waals surface area contributed by atoms with E-state index >= 15 is 0 Å². The highest BCUT2D eigenvalue weighted by molar-refractivity contribution is 7.91. The fraction of sp³-hybridized carbons (Fsp3) is 0.683. The Bertz CT molecular complexity index is 1910. The van der Waals surface area contributed by atoms with Crippen molar-refractivity contribution < 1.29 is 46.2 Å². The first-order valence-electron chi connectivity index (χ1n) is 19.7. The molecule has 6 rings (SSSR count). The van der Waals surface area contributed by atoms with Gasteiger partial charge in [-0.2, -0.15) is 0 Å². The highest BCUT2D eigenvalue weighted by Crippen LogP contribution is 2.59. The molecule has 3 heterocycles. The topological polar surface area (TPSA) is 158 Å². The molecule has 2 aromatic rings. The van der Waals surface area contributed by atoms with Gasteiger partial charge < -0.3 is 19.1 Å². The van der Waals surface area contributed by atoms with Crippen molar-refractivity contribution in [3.05, 3.63) is 30.5 Å². The Labute approximate surface area is 323 Å². The summed E-state index contributed by atoms with van der Waals surface area (Å²) in [5, 5.41) is 1.47. The van der Waals surface area contributed by atoms with Crippen LogP contribution < -0.4 is 14.2 Å². The summed E-state index contributed by atoms with van der Waals surface area (Å²) < 4.78 is 58.6. The first-order chi connectivity index (χ1) is 25.9. The van der Waals surface area contributed by atoms with Gasteiger partial charge in [0.2, 0.25) is 27.7 Å². The molecule has 4 fully saturated rings. The van der Waals surface area contributed by atoms with Gasteiger partial charge in [-0.15, -0.1) is 0 Å². The van der Waals surface area contributed by atoms with Crippen molar-refractivity contribution in [3.8, 4) is 11.6 Å². The fourth-order valence-corrected chi connectivity index (χ4v) is 10.3. The second kappa shape index (κ2) is 15.6. The maximum atomic E-state index is 14.9. The van der Waals surface area contributed by atoms with E-state index < -0.39 is 62.4 Å². The lowest BCUT2D eigenvalue weighted by Gasteiger charge is -2.32. The van der Waals surface area contributed by atoms with Crippen LogP contribution in [0.4, 0.5) is 4.39 Å². The van der Waals surface area contributed by atoms with E-state index in [4.69, 9.17) is 14.2 Å². The zero-order valence-corrected chi connectivity index (χ0v) is 33.7. The van der Waals surface area contributed by atoms with Gasteiger partial charge in [0.15, 0.2) is 5.78 Å². The van der Waals surface area contributed by atoms with Crippen molar-refractivity contribution in [2.45, 2.75) is 128 Å². The third kappa shape index (κ3) is 8.63. The number of methoxy groups -OCH3 is 1. The first-order valence-corrected chi connectivity index (χ1v) is 21.2. The molecule has 14 heteroatoms. The number of nitrogens with one attached hydrogen (secondary N) is 1. The molecule has 1 N–H and O–H groups in total. The van der Waals surface area contributed by atoms with Gasteiger partial charge >= 0.3 is 5.97 Å². The highest BCUT2D eigenvalue weighted by Gasteiger charge is 2.64. The summed E-state index contributed by atoms with van der Waals surface area (Å²) in [4.78, 5) is 62.8. The number of halogens is 1. The van der Waals surface area contributed by atoms with Crippen LogP contribution in [0.15, 0.2) is 30.5 Å². The molecular formula is C41H56FN3O9S. The monoisotopic (exact) mass is 785 g/mol. The van der Waals surface area contributed by atoms with Gasteiger partial charge in [0.05, 0.1) is 43.6 Å². The number of esters is 1. The molecule has 12 nitrogen and oxygen atoms in total. The van der Waals surface area contributed by atoms with E-state index in [0.29, 0.717) is 36.3 Å². The molecule has 0 unspecified atom stereocenters. The van der Waals surface area contributed by atoms with E-state index in [2.05, 4.69) is 16.6 Å². The zero-order valence-electron chi connectivity index (χ0n) is 32.9. The summed E-state index contributed by atoms with van der Waals surface area (Å²) in [6.07, 6.45) is 4.91. The van der Waals surface area contributed by atoms with E-state index in [1.807, 2.05) is 31.2 Å². The summed E-state index contributed by atoms with van der Waals surface area (Å²) in [7, 11) is -2.76. The van der Waals surface area contributed by atoms with Gasteiger partial charge in [-0.1, -0.05) is 51.3 Å². The lowest BCUT2D eigenvalue weighted by atomic mass is 9.81. The Hall–Kier alpha value is -3.81. The second-order valence-electron chi connectivity index (χ2n) is 17.6. The number of amides is 2. The number of carbonyl (C=O) groups excluding carboxylic acids is 4. The number of rotatable bonds is 9. The van der Waals surface area contributed by atoms with Gasteiger partial charge in [0, 0.05) is 23.6 Å². The minimum atomic E-state index is -4.31. The highest BCUT2D eigenvalue weighted by atomic mass is 32.2. The van der Waals surface area contributed by atoms with Crippen LogP contribution in [0.2, 0.25) is 0 Å². The molecule has 1 aromatic heterocycles. The van der Waals surface area contributed by atoms with E-state index in [1.54, 1.807) is 34.1 Å². The normalized spacial score (nSPS) is 30.0. The van der Waals surface area contributed by atoms with Crippen molar-refractivity contribution >= 4 is 44.4 Å². The molecule has 7 atom stereocenters. The number of carbonyl (C=O) groups is 4. The lowest BCUT2D eigenvalue weighted by Crippen LogP contribution is -2.48. The molecule has 0 bridgehead atoms. The molecule has 4 aliphatic rings. The number of hydrogen-bond donors (Lipinski definition) is 1. The Morgan fingerprint density at radius 3 is 2.40 bits per heavy atom. The Kier molecular flexibility index (Phi) is 11.6. The molecule has 2 aliphatic heterocycles. The van der Waals surface area contributed by atoms with Crippen molar-refractivity contribution in [1.82, 2.24) is 14.6 Å². The average molecular weight is 786 g/mol. The SMILES string of the molecule is COc1cnc(O[C@@H]2C[C@H]3C(=O)C[C@]4(C(=O)NS(=O)(=O)C5(CF)CC5)C[C@H]4CCCC[C@@H](C)C[C@@H](C)[C@H](CC(=O)OC(C)(C)C)C(=O)N3C2)c2ccccc12. The van der Waals surface area contributed by atoms with Crippen molar-refractivity contribution in [2.75, 3.05) is 20.3 Å². The van der Waals surface area contributed by atoms with Crippen LogP contribution >= 0.6 is 0 Å². The van der Waals surface area contributed by atoms with Gasteiger partial charge in [0.25, 0.3) is 0 Å². The summed E-state index contributed by atoms with van der Waals surface area (Å²) >= 11 is 0. The van der Waals surface area contributed by atoms with Crippen molar-refractivity contribution in [2.24, 2.45) is 29.1 Å². The van der Waals surface area contributed by atoms with Crippen LogP contribution in [0.3, 0.4) is 0 Å². The summed E-state index contributed by atoms with van der Waals surface area (Å²) in [6.45, 7) is 8.34. The molecule has 55 heavy (non-hydrogen) atoms. The predicted octanol–water partition coefficient (Wildman–Crippen LogP) is 6.09. The Balaban J connectivity index is 1.34. The number of hydrogen-bond acceptors (Lipinski definition) is 10. The van der Waals surface area contributed by atoms with Gasteiger partial charge in [-0.05, 0) is 76.7 Å². The van der Waals surface area contributed by atoms with Crippen LogP contribution in [0.25, 0.3) is 10.8 Å². The van der Waals surface area contributed by atoms with Crippen molar-refractivity contribution in [1.29, 1.82) is 0 Å². The van der Waals surface area contributed by atoms with Gasteiger partial charge in [0.1, 0.15) is 28.9 Å². The second-order valence-corrected chi connectivity index (χ2v) is 19.7. The van der Waals surface area contributed by atoms with Crippen LogP contribution in [0.1, 0.15) is 105 Å². The number of fused-ring (bicyclic) bond motifs is 3. The minimum Gasteiger partial charge on any atom is -0.494 e. The number of benzene rings is 1. The largest absolute Gasteiger partial charge is 0.494 e. The number of ether oxygens (including phenoxy) is 3. The van der Waals surface area contributed by atoms with Crippen LogP contribution in [0, 0.1) is 29.1 Å². The Morgan fingerprint density at radius 2 is 1.75 bits per heavy atom. The molecule has 1 aromatic carbocycles. The summed E-state index contributed by atoms with van der Waals surface area (Å²) in [5.41, 5.74) is -2.06. The third-order valence-electron chi connectivity index (χ3n) is 12.2. The van der Waals surface area contributed by atoms with E-state index in [-0.39, 0.29) is 68.1 Å². The maximum absolute atomic E-state index is 14.9. The zero-order chi connectivity index (χ0) is 39.9. The first kappa shape index (κ1) is 40.8. The molecule has 302 valence electrons. The Morgan fingerprint density at radius 1 is 1.05 bits per heavy atom. The number of ketones is 1. The summed E-state index contributed by atoms with van der Waals surface area (Å²) in [6, 6.07) is 6.44. The van der Waals surface area contributed by atoms with Gasteiger partial charge in [-0.3, -0.25) is 23.9 Å². The standard InChI is InChI=1S/C41H56FN3O9S/c1-25-11-7-8-12-27-20-41(27,38(49)44-55(50,51)40(24-42)15-16-40)21-33(46)32-18-28(53-36-30-14-10-9-13-29(30)34(52-6)22-43-36)23-45(32)37(48)31(26(2)17-25)19-35(47)54-39(3,4)5/h9-10,13-14,22,25-28,31-32H,7-8,11-12,15-21,23-24H2,1-6H3,(H,44,49)/t25-,26-,27-,28-,31+,32+,41-/m1/s1. The number of aromatic nitrogens is 1. The predicted molar refractivity (Wildman–Crippen MR) is 203 cm³/mol. The fourth-order valence-electron chi connectivity index (χ4n) is 8.80. The number of pyridine rings is 1.